The van der Waals surface area contributed by atoms with Crippen molar-refractivity contribution in [3.8, 4) is 0 Å². The van der Waals surface area contributed by atoms with Crippen molar-refractivity contribution in [2.45, 2.75) is 24.8 Å². The van der Waals surface area contributed by atoms with E-state index in [1.165, 1.54) is 18.5 Å². The number of carbonyl (C=O) groups excluding carboxylic acids is 1. The maximum atomic E-state index is 11.9. The highest BCUT2D eigenvalue weighted by Crippen LogP contribution is 2.24. The Morgan fingerprint density at radius 3 is 2.61 bits per heavy atom. The number of carbonyl (C=O) groups is 1. The van der Waals surface area contributed by atoms with Crippen LogP contribution < -0.4 is 10.2 Å². The van der Waals surface area contributed by atoms with Crippen molar-refractivity contribution in [1.82, 2.24) is 15.3 Å². The molecule has 1 N–H and O–H groups in total. The maximum absolute atomic E-state index is 11.9. The summed E-state index contributed by atoms with van der Waals surface area (Å²) >= 11 is 0. The number of aromatic nitrogens is 2. The first-order valence-corrected chi connectivity index (χ1v) is 9.03. The van der Waals surface area contributed by atoms with E-state index in [9.17, 15) is 13.2 Å². The van der Waals surface area contributed by atoms with Gasteiger partial charge in [-0.15, -0.1) is 0 Å². The number of nitrogens with one attached hydrogen (secondary N) is 1. The van der Waals surface area contributed by atoms with Gasteiger partial charge in [-0.1, -0.05) is 0 Å². The Bertz CT molecular complexity index is 834. The average Bonchev–Trinajstić information content (AvgIpc) is 2.44. The molecule has 0 radical (unpaired) electrons. The first kappa shape index (κ1) is 17.1. The van der Waals surface area contributed by atoms with Gasteiger partial charge in [0.2, 0.25) is 5.91 Å². The van der Waals surface area contributed by atoms with Crippen LogP contribution in [0.1, 0.15) is 13.8 Å². The van der Waals surface area contributed by atoms with E-state index in [-0.39, 0.29) is 23.4 Å². The van der Waals surface area contributed by atoms with Crippen LogP contribution >= 0.6 is 0 Å². The van der Waals surface area contributed by atoms with Gasteiger partial charge in [-0.25, -0.2) is 18.4 Å². The second kappa shape index (κ2) is 6.49. The molecule has 0 spiro atoms. The number of amides is 1. The Morgan fingerprint density at radius 2 is 2.00 bits per heavy atom. The predicted octanol–water partition coefficient (Wildman–Crippen LogP) is 0.994. The third kappa shape index (κ3) is 4.16. The number of nitrogens with zero attached hydrogens (tertiary/aromatic N) is 3. The number of likely N-dealkylation sites (N-methyl/N-ethyl adjacent to an activating group) is 1. The van der Waals surface area contributed by atoms with Gasteiger partial charge < -0.3 is 10.2 Å². The van der Waals surface area contributed by atoms with E-state index < -0.39 is 9.84 Å². The molecule has 1 amide bonds. The van der Waals surface area contributed by atoms with Crippen LogP contribution in [0.4, 0.5) is 5.82 Å². The zero-order valence-corrected chi connectivity index (χ0v) is 14.4. The molecule has 0 atom stereocenters. The molecular formula is C15H20N4O3S. The molecule has 124 valence electrons. The third-order valence-corrected chi connectivity index (χ3v) is 4.32. The normalized spacial score (nSPS) is 11.7. The second-order valence-electron chi connectivity index (χ2n) is 5.73. The third-order valence-electron chi connectivity index (χ3n) is 3.21. The van der Waals surface area contributed by atoms with Gasteiger partial charge in [0.1, 0.15) is 12.1 Å². The number of fused-ring (bicyclic) bond motifs is 1. The lowest BCUT2D eigenvalue weighted by Crippen LogP contribution is -2.38. The predicted molar refractivity (Wildman–Crippen MR) is 89.2 cm³/mol. The summed E-state index contributed by atoms with van der Waals surface area (Å²) in [5.74, 6) is 0.382. The highest BCUT2D eigenvalue weighted by Gasteiger charge is 2.15. The van der Waals surface area contributed by atoms with Gasteiger partial charge in [-0.3, -0.25) is 4.79 Å². The monoisotopic (exact) mass is 336 g/mol. The van der Waals surface area contributed by atoms with Crippen molar-refractivity contribution in [3.63, 3.8) is 0 Å². The standard InChI is InChI=1S/C15H20N4O3S/c1-10(2)18-14(20)8-19(3)15-12-7-11(23(4,21)22)5-6-13(12)16-9-17-15/h5-7,9-10H,8H2,1-4H3,(H,18,20). The number of sulfone groups is 1. The summed E-state index contributed by atoms with van der Waals surface area (Å²) in [5.41, 5.74) is 0.624. The minimum atomic E-state index is -3.33. The van der Waals surface area contributed by atoms with E-state index in [4.69, 9.17) is 0 Å². The number of rotatable bonds is 5. The highest BCUT2D eigenvalue weighted by atomic mass is 32.2. The van der Waals surface area contributed by atoms with Crippen LogP contribution in [-0.2, 0) is 14.6 Å². The molecular weight excluding hydrogens is 316 g/mol. The van der Waals surface area contributed by atoms with Gasteiger partial charge in [-0.2, -0.15) is 0 Å². The first-order chi connectivity index (χ1) is 10.7. The number of benzene rings is 1. The minimum Gasteiger partial charge on any atom is -0.352 e. The lowest BCUT2D eigenvalue weighted by Gasteiger charge is -2.20. The lowest BCUT2D eigenvalue weighted by molar-refractivity contribution is -0.120. The zero-order valence-electron chi connectivity index (χ0n) is 13.6. The van der Waals surface area contributed by atoms with Crippen molar-refractivity contribution in [1.29, 1.82) is 0 Å². The van der Waals surface area contributed by atoms with E-state index >= 15 is 0 Å². The molecule has 2 rings (SSSR count). The molecule has 2 aromatic rings. The van der Waals surface area contributed by atoms with Crippen LogP contribution in [0.15, 0.2) is 29.4 Å². The second-order valence-corrected chi connectivity index (χ2v) is 7.74. The first-order valence-electron chi connectivity index (χ1n) is 7.14. The van der Waals surface area contributed by atoms with Gasteiger partial charge in [-0.05, 0) is 32.0 Å². The Balaban J connectivity index is 2.41. The fraction of sp³-hybridized carbons (Fsp3) is 0.400. The largest absolute Gasteiger partial charge is 0.352 e. The summed E-state index contributed by atoms with van der Waals surface area (Å²) in [6, 6.07) is 4.74. The van der Waals surface area contributed by atoms with Crippen molar-refractivity contribution >= 4 is 32.5 Å². The molecule has 8 heteroatoms. The number of hydrogen-bond acceptors (Lipinski definition) is 6. The Hall–Kier alpha value is -2.22. The quantitative estimate of drug-likeness (QED) is 0.875. The Labute approximate surface area is 135 Å². The molecule has 1 aromatic heterocycles. The summed E-state index contributed by atoms with van der Waals surface area (Å²) in [6.45, 7) is 3.89. The van der Waals surface area contributed by atoms with Crippen molar-refractivity contribution in [2.24, 2.45) is 0 Å². The van der Waals surface area contributed by atoms with E-state index in [2.05, 4.69) is 15.3 Å². The Morgan fingerprint density at radius 1 is 1.30 bits per heavy atom. The van der Waals surface area contributed by atoms with E-state index in [0.29, 0.717) is 16.7 Å². The van der Waals surface area contributed by atoms with Gasteiger partial charge in [0.25, 0.3) is 0 Å². The summed E-state index contributed by atoms with van der Waals surface area (Å²) in [4.78, 5) is 22.1. The van der Waals surface area contributed by atoms with Crippen LogP contribution in [0.25, 0.3) is 10.9 Å². The van der Waals surface area contributed by atoms with Gasteiger partial charge in [0, 0.05) is 24.7 Å². The van der Waals surface area contributed by atoms with Crippen LogP contribution in [0.2, 0.25) is 0 Å². The van der Waals surface area contributed by atoms with Gasteiger partial charge in [0.15, 0.2) is 9.84 Å². The number of hydrogen-bond donors (Lipinski definition) is 1. The van der Waals surface area contributed by atoms with Gasteiger partial charge in [0.05, 0.1) is 17.0 Å². The Kier molecular flexibility index (Phi) is 4.84. The topological polar surface area (TPSA) is 92.3 Å². The van der Waals surface area contributed by atoms with E-state index in [0.717, 1.165) is 6.26 Å². The molecule has 0 bridgehead atoms. The molecule has 1 heterocycles. The minimum absolute atomic E-state index is 0.0508. The molecule has 0 aliphatic heterocycles. The van der Waals surface area contributed by atoms with Crippen LogP contribution in [0.5, 0.6) is 0 Å². The SMILES string of the molecule is CC(C)NC(=O)CN(C)c1ncnc2ccc(S(C)(=O)=O)cc12. The van der Waals surface area contributed by atoms with E-state index in [1.807, 2.05) is 13.8 Å². The maximum Gasteiger partial charge on any atom is 0.239 e. The molecule has 0 saturated carbocycles. The molecule has 7 nitrogen and oxygen atoms in total. The summed E-state index contributed by atoms with van der Waals surface area (Å²) in [7, 11) is -1.60. The van der Waals surface area contributed by atoms with Crippen molar-refractivity contribution in [3.05, 3.63) is 24.5 Å². The van der Waals surface area contributed by atoms with E-state index in [1.54, 1.807) is 18.0 Å². The zero-order chi connectivity index (χ0) is 17.2. The highest BCUT2D eigenvalue weighted by molar-refractivity contribution is 7.90. The molecule has 1 aromatic carbocycles. The van der Waals surface area contributed by atoms with Crippen LogP contribution in [-0.4, -0.2) is 50.2 Å². The smallest absolute Gasteiger partial charge is 0.239 e. The summed E-state index contributed by atoms with van der Waals surface area (Å²) in [6.07, 6.45) is 2.55. The average molecular weight is 336 g/mol. The fourth-order valence-corrected chi connectivity index (χ4v) is 2.86. The van der Waals surface area contributed by atoms with Crippen molar-refractivity contribution in [2.75, 3.05) is 24.7 Å². The molecule has 0 aliphatic rings. The fourth-order valence-electron chi connectivity index (χ4n) is 2.21. The molecule has 0 unspecified atom stereocenters. The van der Waals surface area contributed by atoms with Gasteiger partial charge >= 0.3 is 0 Å². The molecule has 0 fully saturated rings. The molecule has 0 aliphatic carbocycles. The molecule has 23 heavy (non-hydrogen) atoms. The summed E-state index contributed by atoms with van der Waals surface area (Å²) < 4.78 is 23.5. The van der Waals surface area contributed by atoms with Crippen LogP contribution in [0, 0.1) is 0 Å². The van der Waals surface area contributed by atoms with Crippen molar-refractivity contribution < 1.29 is 13.2 Å². The number of anilines is 1. The van der Waals surface area contributed by atoms with Crippen LogP contribution in [0.3, 0.4) is 0 Å². The summed E-state index contributed by atoms with van der Waals surface area (Å²) in [5, 5.41) is 3.40. The molecule has 0 saturated heterocycles. The lowest BCUT2D eigenvalue weighted by atomic mass is 10.2.